The maximum Gasteiger partial charge on any atom is 0.221 e. The van der Waals surface area contributed by atoms with Crippen LogP contribution in [0.2, 0.25) is 0 Å². The summed E-state index contributed by atoms with van der Waals surface area (Å²) in [4.78, 5) is 11.0. The smallest absolute Gasteiger partial charge is 0.221 e. The van der Waals surface area contributed by atoms with Gasteiger partial charge in [0, 0.05) is 18.7 Å². The van der Waals surface area contributed by atoms with Crippen LogP contribution >= 0.6 is 0 Å². The highest BCUT2D eigenvalue weighted by atomic mass is 16.3. The van der Waals surface area contributed by atoms with Crippen molar-refractivity contribution < 1.29 is 15.0 Å². The Balaban J connectivity index is 2.73. The molecular formula is C13H20N2O3. The van der Waals surface area contributed by atoms with E-state index in [1.807, 2.05) is 31.2 Å². The van der Waals surface area contributed by atoms with E-state index in [4.69, 9.17) is 10.2 Å². The molecule has 0 aliphatic carbocycles. The first-order valence-electron chi connectivity index (χ1n) is 5.92. The quantitative estimate of drug-likeness (QED) is 0.599. The van der Waals surface area contributed by atoms with Gasteiger partial charge in [-0.2, -0.15) is 0 Å². The number of aliphatic hydroxyl groups excluding tert-OH is 2. The summed E-state index contributed by atoms with van der Waals surface area (Å²) in [6.07, 6.45) is 0. The minimum Gasteiger partial charge on any atom is -0.395 e. The Morgan fingerprint density at radius 3 is 2.56 bits per heavy atom. The number of nitrogens with one attached hydrogen (secondary N) is 2. The lowest BCUT2D eigenvalue weighted by Crippen LogP contribution is -2.37. The van der Waals surface area contributed by atoms with E-state index in [1.54, 1.807) is 0 Å². The van der Waals surface area contributed by atoms with Gasteiger partial charge in [0.2, 0.25) is 5.91 Å². The molecule has 1 atom stereocenters. The van der Waals surface area contributed by atoms with Crippen molar-refractivity contribution in [3.05, 3.63) is 29.8 Å². The Hall–Kier alpha value is -1.43. The fourth-order valence-electron chi connectivity index (χ4n) is 1.70. The summed E-state index contributed by atoms with van der Waals surface area (Å²) in [6.45, 7) is 3.16. The molecule has 0 aliphatic heterocycles. The van der Waals surface area contributed by atoms with Crippen molar-refractivity contribution in [3.8, 4) is 0 Å². The van der Waals surface area contributed by atoms with Gasteiger partial charge < -0.3 is 20.8 Å². The summed E-state index contributed by atoms with van der Waals surface area (Å²) in [5.41, 5.74) is 1.71. The lowest BCUT2D eigenvalue weighted by molar-refractivity contribution is -0.114. The number of benzene rings is 1. The molecule has 0 saturated carbocycles. The van der Waals surface area contributed by atoms with Crippen LogP contribution in [0.5, 0.6) is 0 Å². The number of aliphatic hydroxyl groups is 2. The molecule has 0 heterocycles. The van der Waals surface area contributed by atoms with E-state index in [9.17, 15) is 4.79 Å². The van der Waals surface area contributed by atoms with Crippen molar-refractivity contribution in [2.75, 3.05) is 18.5 Å². The van der Waals surface area contributed by atoms with Crippen LogP contribution in [0.4, 0.5) is 5.69 Å². The van der Waals surface area contributed by atoms with E-state index >= 15 is 0 Å². The fourth-order valence-corrected chi connectivity index (χ4v) is 1.70. The standard InChI is InChI=1S/C13H20N2O3/c1-9(14-13(7-16)8-17)11-4-3-5-12(6-11)15-10(2)18/h3-6,9,13-14,16-17H,7-8H2,1-2H3,(H,15,18). The summed E-state index contributed by atoms with van der Waals surface area (Å²) in [6, 6.07) is 7.09. The van der Waals surface area contributed by atoms with Gasteiger partial charge in [0.25, 0.3) is 0 Å². The number of hydrogen-bond acceptors (Lipinski definition) is 4. The van der Waals surface area contributed by atoms with E-state index < -0.39 is 0 Å². The number of rotatable bonds is 6. The zero-order chi connectivity index (χ0) is 13.5. The Kier molecular flexibility index (Phi) is 5.77. The van der Waals surface area contributed by atoms with Crippen molar-refractivity contribution >= 4 is 11.6 Å². The minimum absolute atomic E-state index is 0.0250. The van der Waals surface area contributed by atoms with E-state index in [2.05, 4.69) is 10.6 Å². The molecule has 4 N–H and O–H groups in total. The molecule has 0 bridgehead atoms. The molecule has 0 radical (unpaired) electrons. The molecule has 1 aromatic rings. The number of carbonyl (C=O) groups is 1. The first-order chi connectivity index (χ1) is 8.56. The number of carbonyl (C=O) groups excluding carboxylic acids is 1. The highest BCUT2D eigenvalue weighted by Gasteiger charge is 2.12. The van der Waals surface area contributed by atoms with Gasteiger partial charge in [-0.15, -0.1) is 0 Å². The second kappa shape index (κ2) is 7.10. The predicted octanol–water partition coefficient (Wildman–Crippen LogP) is 0.649. The van der Waals surface area contributed by atoms with E-state index in [1.165, 1.54) is 6.92 Å². The SMILES string of the molecule is CC(=O)Nc1cccc(C(C)NC(CO)CO)c1. The maximum atomic E-state index is 11.0. The van der Waals surface area contributed by atoms with Crippen LogP contribution in [0.1, 0.15) is 25.5 Å². The molecule has 5 heteroatoms. The van der Waals surface area contributed by atoms with Gasteiger partial charge in [-0.1, -0.05) is 12.1 Å². The third kappa shape index (κ3) is 4.44. The second-order valence-electron chi connectivity index (χ2n) is 4.26. The van der Waals surface area contributed by atoms with Crippen LogP contribution in [0.25, 0.3) is 0 Å². The van der Waals surface area contributed by atoms with E-state index in [0.29, 0.717) is 0 Å². The zero-order valence-electron chi connectivity index (χ0n) is 10.7. The molecule has 1 unspecified atom stereocenters. The molecule has 0 fully saturated rings. The Labute approximate surface area is 107 Å². The number of amides is 1. The van der Waals surface area contributed by atoms with Crippen molar-refractivity contribution in [3.63, 3.8) is 0 Å². The lowest BCUT2D eigenvalue weighted by atomic mass is 10.1. The molecule has 0 spiro atoms. The Bertz CT molecular complexity index is 392. The third-order valence-corrected chi connectivity index (χ3v) is 2.63. The molecular weight excluding hydrogens is 232 g/mol. The monoisotopic (exact) mass is 252 g/mol. The van der Waals surface area contributed by atoms with Gasteiger partial charge in [0.15, 0.2) is 0 Å². The largest absolute Gasteiger partial charge is 0.395 e. The summed E-state index contributed by atoms with van der Waals surface area (Å²) in [5.74, 6) is -0.114. The summed E-state index contributed by atoms with van der Waals surface area (Å²) < 4.78 is 0. The predicted molar refractivity (Wildman–Crippen MR) is 70.3 cm³/mol. The molecule has 1 amide bonds. The Morgan fingerprint density at radius 2 is 2.00 bits per heavy atom. The summed E-state index contributed by atoms with van der Waals surface area (Å²) in [5, 5.41) is 23.8. The second-order valence-corrected chi connectivity index (χ2v) is 4.26. The van der Waals surface area contributed by atoms with Gasteiger partial charge >= 0.3 is 0 Å². The van der Waals surface area contributed by atoms with Crippen LogP contribution < -0.4 is 10.6 Å². The average molecular weight is 252 g/mol. The van der Waals surface area contributed by atoms with Crippen molar-refractivity contribution in [1.82, 2.24) is 5.32 Å². The maximum absolute atomic E-state index is 11.0. The van der Waals surface area contributed by atoms with Crippen LogP contribution in [0, 0.1) is 0 Å². The highest BCUT2D eigenvalue weighted by molar-refractivity contribution is 5.88. The van der Waals surface area contributed by atoms with Crippen LogP contribution in [0.3, 0.4) is 0 Å². The normalized spacial score (nSPS) is 12.5. The average Bonchev–Trinajstić information content (AvgIpc) is 2.35. The highest BCUT2D eigenvalue weighted by Crippen LogP contribution is 2.17. The van der Waals surface area contributed by atoms with Crippen LogP contribution in [0.15, 0.2) is 24.3 Å². The molecule has 18 heavy (non-hydrogen) atoms. The third-order valence-electron chi connectivity index (χ3n) is 2.63. The molecule has 0 saturated heterocycles. The first-order valence-corrected chi connectivity index (χ1v) is 5.92. The Morgan fingerprint density at radius 1 is 1.33 bits per heavy atom. The van der Waals surface area contributed by atoms with Gasteiger partial charge in [-0.05, 0) is 24.6 Å². The van der Waals surface area contributed by atoms with Crippen molar-refractivity contribution in [2.45, 2.75) is 25.9 Å². The van der Waals surface area contributed by atoms with Crippen molar-refractivity contribution in [1.29, 1.82) is 0 Å². The lowest BCUT2D eigenvalue weighted by Gasteiger charge is -2.20. The van der Waals surface area contributed by atoms with Crippen molar-refractivity contribution in [2.24, 2.45) is 0 Å². The van der Waals surface area contributed by atoms with Gasteiger partial charge in [0.1, 0.15) is 0 Å². The van der Waals surface area contributed by atoms with E-state index in [0.717, 1.165) is 11.3 Å². The molecule has 100 valence electrons. The van der Waals surface area contributed by atoms with E-state index in [-0.39, 0.29) is 31.2 Å². The molecule has 1 rings (SSSR count). The van der Waals surface area contributed by atoms with Crippen LogP contribution in [-0.2, 0) is 4.79 Å². The van der Waals surface area contributed by atoms with Gasteiger partial charge in [-0.3, -0.25) is 4.79 Å². The van der Waals surface area contributed by atoms with Gasteiger partial charge in [0.05, 0.1) is 19.3 Å². The summed E-state index contributed by atoms with van der Waals surface area (Å²) in [7, 11) is 0. The molecule has 5 nitrogen and oxygen atoms in total. The minimum atomic E-state index is -0.343. The topological polar surface area (TPSA) is 81.6 Å². The number of hydrogen-bond donors (Lipinski definition) is 4. The fraction of sp³-hybridized carbons (Fsp3) is 0.462. The number of anilines is 1. The molecule has 1 aromatic carbocycles. The molecule has 0 aromatic heterocycles. The first kappa shape index (κ1) is 14.6. The van der Waals surface area contributed by atoms with Crippen LogP contribution in [-0.4, -0.2) is 35.4 Å². The summed E-state index contributed by atoms with van der Waals surface area (Å²) >= 11 is 0. The molecule has 0 aliphatic rings. The zero-order valence-corrected chi connectivity index (χ0v) is 10.7. The van der Waals surface area contributed by atoms with Gasteiger partial charge in [-0.25, -0.2) is 0 Å².